The van der Waals surface area contributed by atoms with Crippen LogP contribution >= 0.6 is 0 Å². The largest absolute Gasteiger partial charge is 0.350 e. The normalized spacial score (nSPS) is 22.7. The summed E-state index contributed by atoms with van der Waals surface area (Å²) in [5, 5.41) is 0. The fourth-order valence-corrected chi connectivity index (χ4v) is 3.52. The maximum absolute atomic E-state index is 12.7. The van der Waals surface area contributed by atoms with Crippen molar-refractivity contribution in [2.75, 3.05) is 19.8 Å². The Hall–Kier alpha value is -1.39. The molecule has 4 nitrogen and oxygen atoms in total. The van der Waals surface area contributed by atoms with Crippen LogP contribution in [0.5, 0.6) is 0 Å². The molecule has 0 N–H and O–H groups in total. The molecule has 0 radical (unpaired) electrons. The van der Waals surface area contributed by atoms with Gasteiger partial charge >= 0.3 is 0 Å². The zero-order valence-electron chi connectivity index (χ0n) is 13.8. The topological polar surface area (TPSA) is 38.8 Å². The number of benzene rings is 1. The molecule has 1 amide bonds. The summed E-state index contributed by atoms with van der Waals surface area (Å²) >= 11 is 0. The molecule has 4 heteroatoms. The zero-order valence-corrected chi connectivity index (χ0v) is 13.8. The Bertz CT molecular complexity index is 485. The third-order valence-electron chi connectivity index (χ3n) is 4.79. The number of carbonyl (C=O) groups excluding carboxylic acids is 1. The monoisotopic (exact) mass is 317 g/mol. The first-order valence-electron chi connectivity index (χ1n) is 8.89. The fraction of sp³-hybridized carbons (Fsp3) is 0.632. The zero-order chi connectivity index (χ0) is 15.9. The summed E-state index contributed by atoms with van der Waals surface area (Å²) in [5.41, 5.74) is 1.22. The lowest BCUT2D eigenvalue weighted by Crippen LogP contribution is -2.40. The Kier molecular flexibility index (Phi) is 6.06. The number of likely N-dealkylation sites (tertiary alicyclic amines) is 1. The first kappa shape index (κ1) is 16.5. The molecule has 3 rings (SSSR count). The minimum Gasteiger partial charge on any atom is -0.350 e. The summed E-state index contributed by atoms with van der Waals surface area (Å²) in [6.07, 6.45) is 6.27. The Morgan fingerprint density at radius 3 is 2.57 bits per heavy atom. The molecule has 23 heavy (non-hydrogen) atoms. The molecule has 2 aliphatic rings. The predicted molar refractivity (Wildman–Crippen MR) is 88.7 cm³/mol. The van der Waals surface area contributed by atoms with Crippen LogP contribution in [0.1, 0.15) is 44.1 Å². The van der Waals surface area contributed by atoms with Gasteiger partial charge in [0.2, 0.25) is 5.91 Å². The Labute approximate surface area is 138 Å². The van der Waals surface area contributed by atoms with Crippen LogP contribution in [0.15, 0.2) is 30.3 Å². The Morgan fingerprint density at radius 1 is 1.04 bits per heavy atom. The van der Waals surface area contributed by atoms with Gasteiger partial charge in [0.1, 0.15) is 0 Å². The van der Waals surface area contributed by atoms with E-state index in [1.165, 1.54) is 5.56 Å². The standard InChI is InChI=1S/C19H27NO3/c21-19-17(9-4-5-11-18-22-13-14-23-18)10-6-12-20(19)15-16-7-2-1-3-8-16/h1-3,7-8,17-18H,4-6,9-15H2. The van der Waals surface area contributed by atoms with Gasteiger partial charge in [-0.25, -0.2) is 0 Å². The van der Waals surface area contributed by atoms with E-state index in [-0.39, 0.29) is 12.2 Å². The average molecular weight is 317 g/mol. The van der Waals surface area contributed by atoms with Crippen LogP contribution in [0.2, 0.25) is 0 Å². The number of piperidine rings is 1. The van der Waals surface area contributed by atoms with Gasteiger partial charge in [0, 0.05) is 19.0 Å². The van der Waals surface area contributed by atoms with Crippen LogP contribution in [0.4, 0.5) is 0 Å². The van der Waals surface area contributed by atoms with E-state index in [2.05, 4.69) is 12.1 Å². The third-order valence-corrected chi connectivity index (χ3v) is 4.79. The van der Waals surface area contributed by atoms with Crippen molar-refractivity contribution in [2.24, 2.45) is 5.92 Å². The molecule has 0 bridgehead atoms. The molecule has 0 saturated carbocycles. The van der Waals surface area contributed by atoms with E-state index >= 15 is 0 Å². The molecule has 0 aromatic heterocycles. The fourth-order valence-electron chi connectivity index (χ4n) is 3.52. The number of carbonyl (C=O) groups is 1. The van der Waals surface area contributed by atoms with Gasteiger partial charge in [-0.05, 0) is 37.7 Å². The first-order chi connectivity index (χ1) is 11.3. The van der Waals surface area contributed by atoms with Gasteiger partial charge in [0.05, 0.1) is 13.2 Å². The van der Waals surface area contributed by atoms with Crippen LogP contribution in [0.25, 0.3) is 0 Å². The number of unbranched alkanes of at least 4 members (excludes halogenated alkanes) is 1. The minimum absolute atomic E-state index is 0.00774. The van der Waals surface area contributed by atoms with Gasteiger partial charge in [-0.3, -0.25) is 4.79 Å². The van der Waals surface area contributed by atoms with E-state index < -0.39 is 0 Å². The highest BCUT2D eigenvalue weighted by Gasteiger charge is 2.28. The van der Waals surface area contributed by atoms with Gasteiger partial charge in [-0.2, -0.15) is 0 Å². The molecule has 1 unspecified atom stereocenters. The van der Waals surface area contributed by atoms with Gasteiger partial charge in [0.15, 0.2) is 6.29 Å². The summed E-state index contributed by atoms with van der Waals surface area (Å²) in [6, 6.07) is 10.3. The molecule has 1 atom stereocenters. The van der Waals surface area contributed by atoms with Crippen LogP contribution in [0, 0.1) is 5.92 Å². The van der Waals surface area contributed by atoms with Crippen molar-refractivity contribution in [3.8, 4) is 0 Å². The van der Waals surface area contributed by atoms with Crippen molar-refractivity contribution in [2.45, 2.75) is 51.4 Å². The van der Waals surface area contributed by atoms with Crippen molar-refractivity contribution in [3.63, 3.8) is 0 Å². The number of nitrogens with zero attached hydrogens (tertiary/aromatic N) is 1. The van der Waals surface area contributed by atoms with Crippen molar-refractivity contribution in [1.82, 2.24) is 4.90 Å². The number of ether oxygens (including phenoxy) is 2. The Morgan fingerprint density at radius 2 is 1.78 bits per heavy atom. The second-order valence-corrected chi connectivity index (χ2v) is 6.54. The number of hydrogen-bond donors (Lipinski definition) is 0. The molecule has 0 spiro atoms. The number of amides is 1. The van der Waals surface area contributed by atoms with Crippen molar-refractivity contribution in [1.29, 1.82) is 0 Å². The van der Waals surface area contributed by atoms with Crippen molar-refractivity contribution < 1.29 is 14.3 Å². The van der Waals surface area contributed by atoms with Crippen LogP contribution in [0.3, 0.4) is 0 Å². The summed E-state index contributed by atoms with van der Waals surface area (Å²) in [5.74, 6) is 0.548. The lowest BCUT2D eigenvalue weighted by atomic mass is 9.91. The van der Waals surface area contributed by atoms with Crippen molar-refractivity contribution >= 4 is 5.91 Å². The smallest absolute Gasteiger partial charge is 0.225 e. The lowest BCUT2D eigenvalue weighted by molar-refractivity contribution is -0.139. The highest BCUT2D eigenvalue weighted by molar-refractivity contribution is 5.79. The van der Waals surface area contributed by atoms with Crippen LogP contribution in [-0.4, -0.2) is 36.9 Å². The average Bonchev–Trinajstić information content (AvgIpc) is 3.09. The third kappa shape index (κ3) is 4.79. The highest BCUT2D eigenvalue weighted by atomic mass is 16.7. The molecule has 1 aromatic carbocycles. The van der Waals surface area contributed by atoms with Crippen LogP contribution < -0.4 is 0 Å². The molecule has 2 saturated heterocycles. The number of hydrogen-bond acceptors (Lipinski definition) is 3. The Balaban J connectivity index is 1.41. The maximum Gasteiger partial charge on any atom is 0.225 e. The highest BCUT2D eigenvalue weighted by Crippen LogP contribution is 2.25. The van der Waals surface area contributed by atoms with E-state index in [9.17, 15) is 4.79 Å². The molecule has 2 aliphatic heterocycles. The van der Waals surface area contributed by atoms with Crippen LogP contribution in [-0.2, 0) is 20.8 Å². The second kappa shape index (κ2) is 8.46. The van der Waals surface area contributed by atoms with E-state index in [0.29, 0.717) is 5.91 Å². The molecular formula is C19H27NO3. The predicted octanol–water partition coefficient (Wildman–Crippen LogP) is 3.36. The van der Waals surface area contributed by atoms with E-state index in [1.54, 1.807) is 0 Å². The SMILES string of the molecule is O=C1C(CCCCC2OCCO2)CCCN1Cc1ccccc1. The molecule has 1 aromatic rings. The van der Waals surface area contributed by atoms with Crippen molar-refractivity contribution in [3.05, 3.63) is 35.9 Å². The summed E-state index contributed by atoms with van der Waals surface area (Å²) in [6.45, 7) is 3.09. The van der Waals surface area contributed by atoms with Gasteiger partial charge in [-0.15, -0.1) is 0 Å². The maximum atomic E-state index is 12.7. The van der Waals surface area contributed by atoms with E-state index in [4.69, 9.17) is 9.47 Å². The molecule has 0 aliphatic carbocycles. The van der Waals surface area contributed by atoms with E-state index in [1.807, 2.05) is 23.1 Å². The second-order valence-electron chi connectivity index (χ2n) is 6.54. The summed E-state index contributed by atoms with van der Waals surface area (Å²) < 4.78 is 10.9. The van der Waals surface area contributed by atoms with Gasteiger partial charge in [0.25, 0.3) is 0 Å². The van der Waals surface area contributed by atoms with E-state index in [0.717, 1.165) is 64.8 Å². The molecule has 126 valence electrons. The number of rotatable bonds is 7. The summed E-state index contributed by atoms with van der Waals surface area (Å²) in [4.78, 5) is 14.7. The molecule has 2 heterocycles. The lowest BCUT2D eigenvalue weighted by Gasteiger charge is -2.32. The summed E-state index contributed by atoms with van der Waals surface area (Å²) in [7, 11) is 0. The molecular weight excluding hydrogens is 290 g/mol. The molecule has 2 fully saturated rings. The van der Waals surface area contributed by atoms with Gasteiger partial charge < -0.3 is 14.4 Å². The quantitative estimate of drug-likeness (QED) is 0.724. The van der Waals surface area contributed by atoms with Gasteiger partial charge in [-0.1, -0.05) is 36.8 Å². The minimum atomic E-state index is -0.00774. The first-order valence-corrected chi connectivity index (χ1v) is 8.89.